The number of carbonyl (C=O) groups excluding carboxylic acids is 1. The van der Waals surface area contributed by atoms with Crippen molar-refractivity contribution in [2.75, 3.05) is 13.1 Å². The maximum absolute atomic E-state index is 13.4. The second-order valence-electron chi connectivity index (χ2n) is 11.6. The highest BCUT2D eigenvalue weighted by atomic mass is 32.2. The van der Waals surface area contributed by atoms with E-state index < -0.39 is 27.7 Å². The van der Waals surface area contributed by atoms with Crippen LogP contribution < -0.4 is 14.8 Å². The second-order valence-corrected chi connectivity index (χ2v) is 13.3. The Balaban J connectivity index is 1.18. The van der Waals surface area contributed by atoms with Gasteiger partial charge in [0.1, 0.15) is 11.8 Å². The van der Waals surface area contributed by atoms with Crippen molar-refractivity contribution in [1.29, 1.82) is 5.26 Å². The van der Waals surface area contributed by atoms with Gasteiger partial charge in [0.2, 0.25) is 15.9 Å². The maximum Gasteiger partial charge on any atom is 0.573 e. The predicted octanol–water partition coefficient (Wildman–Crippen LogP) is 3.06. The standard InChI is InChI=1S/C25H29F3N4O4S/c26-25(27,28)36-19-4-1-5-20(7-19)37(34,35)31-24-10-16-8-22(11-17(12-24)23(24,9-16)15-22)30-14-21(33)32-6-2-3-18(32)13-29/h1,4-5,7,16-18,30-31H,2-3,6,8-12,14-15H2/t16?,17?,18-,22?,23?,24?/m0/s1. The van der Waals surface area contributed by atoms with Crippen molar-refractivity contribution in [3.05, 3.63) is 24.3 Å². The summed E-state index contributed by atoms with van der Waals surface area (Å²) >= 11 is 0. The minimum absolute atomic E-state index is 0.0685. The molecule has 200 valence electrons. The van der Waals surface area contributed by atoms with Crippen LogP contribution in [0.25, 0.3) is 0 Å². The predicted molar refractivity (Wildman–Crippen MR) is 124 cm³/mol. The summed E-state index contributed by atoms with van der Waals surface area (Å²) in [5, 5.41) is 12.9. The molecule has 6 rings (SSSR count). The molecule has 12 heteroatoms. The summed E-state index contributed by atoms with van der Waals surface area (Å²) in [7, 11) is -4.09. The number of halogens is 3. The molecule has 8 nitrogen and oxygen atoms in total. The van der Waals surface area contributed by atoms with Crippen LogP contribution in [-0.2, 0) is 14.8 Å². The first kappa shape index (κ1) is 24.9. The summed E-state index contributed by atoms with van der Waals surface area (Å²) in [4.78, 5) is 14.3. The number of sulfonamides is 1. The van der Waals surface area contributed by atoms with Crippen LogP contribution in [0.2, 0.25) is 0 Å². The minimum Gasteiger partial charge on any atom is -0.406 e. The Labute approximate surface area is 213 Å². The molecule has 6 atom stereocenters. The molecule has 2 N–H and O–H groups in total. The van der Waals surface area contributed by atoms with Crippen LogP contribution in [0.3, 0.4) is 0 Å². The zero-order chi connectivity index (χ0) is 26.3. The van der Waals surface area contributed by atoms with Crippen molar-refractivity contribution in [1.82, 2.24) is 14.9 Å². The van der Waals surface area contributed by atoms with E-state index in [-0.39, 0.29) is 34.3 Å². The topological polar surface area (TPSA) is 112 Å². The van der Waals surface area contributed by atoms with E-state index in [1.165, 1.54) is 12.1 Å². The summed E-state index contributed by atoms with van der Waals surface area (Å²) in [5.74, 6) is -0.0250. The second kappa shape index (κ2) is 8.07. The number of hydrogen-bond acceptors (Lipinski definition) is 6. The van der Waals surface area contributed by atoms with Crippen molar-refractivity contribution < 1.29 is 31.1 Å². The third-order valence-electron chi connectivity index (χ3n) is 9.61. The van der Waals surface area contributed by atoms with Crippen LogP contribution in [0.5, 0.6) is 5.75 Å². The lowest BCUT2D eigenvalue weighted by molar-refractivity contribution is -0.274. The number of hydrogen-bond donors (Lipinski definition) is 2. The Hall–Kier alpha value is -2.36. The average Bonchev–Trinajstić information content (AvgIpc) is 3.41. The summed E-state index contributed by atoms with van der Waals surface area (Å²) in [5.41, 5.74) is -1.09. The lowest BCUT2D eigenvalue weighted by atomic mass is 9.51. The first-order chi connectivity index (χ1) is 17.4. The lowest BCUT2D eigenvalue weighted by Gasteiger charge is -2.58. The molecule has 3 bridgehead atoms. The number of amides is 1. The van der Waals surface area contributed by atoms with Crippen LogP contribution in [-0.4, -0.2) is 55.8 Å². The summed E-state index contributed by atoms with van der Waals surface area (Å²) in [6.45, 7) is 0.763. The number of nitrogens with zero attached hydrogens (tertiary/aromatic N) is 2. The van der Waals surface area contributed by atoms with E-state index in [1.54, 1.807) is 4.90 Å². The first-order valence-corrected chi connectivity index (χ1v) is 14.2. The van der Waals surface area contributed by atoms with Crippen molar-refractivity contribution in [3.8, 4) is 11.8 Å². The fourth-order valence-electron chi connectivity index (χ4n) is 8.57. The molecule has 1 aromatic rings. The number of nitriles is 1. The third-order valence-corrected chi connectivity index (χ3v) is 11.1. The zero-order valence-electron chi connectivity index (χ0n) is 20.2. The number of ether oxygens (including phenoxy) is 1. The number of rotatable bonds is 7. The highest BCUT2D eigenvalue weighted by Crippen LogP contribution is 2.78. The molecule has 5 unspecified atom stereocenters. The van der Waals surface area contributed by atoms with Crippen molar-refractivity contribution in [3.63, 3.8) is 0 Å². The monoisotopic (exact) mass is 538 g/mol. The van der Waals surface area contributed by atoms with Gasteiger partial charge in [-0.05, 0) is 80.8 Å². The van der Waals surface area contributed by atoms with E-state index in [4.69, 9.17) is 0 Å². The van der Waals surface area contributed by atoms with Crippen LogP contribution in [0.15, 0.2) is 29.2 Å². The van der Waals surface area contributed by atoms with Gasteiger partial charge in [0.15, 0.2) is 0 Å². The van der Waals surface area contributed by atoms with Crippen LogP contribution >= 0.6 is 0 Å². The molecule has 1 amide bonds. The van der Waals surface area contributed by atoms with Gasteiger partial charge in [-0.1, -0.05) is 6.07 Å². The first-order valence-electron chi connectivity index (χ1n) is 12.7. The smallest absolute Gasteiger partial charge is 0.406 e. The number of nitrogens with one attached hydrogen (secondary N) is 2. The Morgan fingerprint density at radius 3 is 2.78 bits per heavy atom. The highest BCUT2D eigenvalue weighted by Gasteiger charge is 2.78. The SMILES string of the molecule is N#C[C@@H]1CCCN1C(=O)CNC12CC3CC4(NS(=O)(=O)c5cccc(OC(F)(F)F)c5)CC(C1)C4(C3)C2. The van der Waals surface area contributed by atoms with Crippen molar-refractivity contribution >= 4 is 15.9 Å². The molecule has 1 aliphatic heterocycles. The van der Waals surface area contributed by atoms with Gasteiger partial charge in [-0.15, -0.1) is 13.2 Å². The number of alkyl halides is 3. The van der Waals surface area contributed by atoms with E-state index in [9.17, 15) is 31.6 Å². The highest BCUT2D eigenvalue weighted by molar-refractivity contribution is 7.89. The third kappa shape index (κ3) is 3.92. The molecule has 1 spiro atoms. The fraction of sp³-hybridized carbons (Fsp3) is 0.680. The molecule has 1 heterocycles. The molecule has 1 aromatic carbocycles. The van der Waals surface area contributed by atoms with Gasteiger partial charge in [-0.25, -0.2) is 13.1 Å². The van der Waals surface area contributed by atoms with Gasteiger partial charge >= 0.3 is 6.36 Å². The van der Waals surface area contributed by atoms with Gasteiger partial charge < -0.3 is 15.0 Å². The van der Waals surface area contributed by atoms with Crippen molar-refractivity contribution in [2.45, 2.75) is 79.7 Å². The average molecular weight is 539 g/mol. The molecule has 1 saturated heterocycles. The van der Waals surface area contributed by atoms with Crippen LogP contribution in [0.4, 0.5) is 13.2 Å². The fourth-order valence-corrected chi connectivity index (χ4v) is 10.1. The number of benzene rings is 1. The molecular formula is C25H29F3N4O4S. The van der Waals surface area contributed by atoms with E-state index in [0.717, 1.165) is 44.2 Å². The molecule has 0 aromatic heterocycles. The Kier molecular flexibility index (Phi) is 5.44. The van der Waals surface area contributed by atoms with E-state index in [2.05, 4.69) is 20.8 Å². The van der Waals surface area contributed by atoms with Gasteiger partial charge in [-0.2, -0.15) is 5.26 Å². The Morgan fingerprint density at radius 2 is 2.03 bits per heavy atom. The number of carbonyl (C=O) groups is 1. The summed E-state index contributed by atoms with van der Waals surface area (Å²) < 4.78 is 71.5. The molecule has 5 aliphatic rings. The Bertz CT molecular complexity index is 1280. The van der Waals surface area contributed by atoms with E-state index >= 15 is 0 Å². The van der Waals surface area contributed by atoms with Gasteiger partial charge in [0.05, 0.1) is 17.5 Å². The number of likely N-dealkylation sites (tertiary alicyclic amines) is 1. The zero-order valence-corrected chi connectivity index (χ0v) is 21.0. The van der Waals surface area contributed by atoms with Crippen LogP contribution in [0, 0.1) is 28.6 Å². The molecule has 5 fully saturated rings. The lowest BCUT2D eigenvalue weighted by Crippen LogP contribution is -2.67. The molecular weight excluding hydrogens is 509 g/mol. The van der Waals surface area contributed by atoms with Crippen LogP contribution in [0.1, 0.15) is 51.4 Å². The largest absolute Gasteiger partial charge is 0.573 e. The molecule has 0 radical (unpaired) electrons. The molecule has 4 saturated carbocycles. The quantitative estimate of drug-likeness (QED) is 0.552. The normalized spacial score (nSPS) is 37.8. The number of fused-ring (bicyclic) bond motifs is 2. The van der Waals surface area contributed by atoms with E-state index in [0.29, 0.717) is 37.6 Å². The van der Waals surface area contributed by atoms with Crippen molar-refractivity contribution in [2.24, 2.45) is 17.3 Å². The van der Waals surface area contributed by atoms with Gasteiger partial charge in [0.25, 0.3) is 0 Å². The Morgan fingerprint density at radius 1 is 1.22 bits per heavy atom. The van der Waals surface area contributed by atoms with Gasteiger partial charge in [0, 0.05) is 23.7 Å². The molecule has 37 heavy (non-hydrogen) atoms. The summed E-state index contributed by atoms with van der Waals surface area (Å²) in [6.07, 6.45) is 1.39. The summed E-state index contributed by atoms with van der Waals surface area (Å²) in [6, 6.07) is 6.33. The van der Waals surface area contributed by atoms with E-state index in [1.807, 2.05) is 0 Å². The van der Waals surface area contributed by atoms with Gasteiger partial charge in [-0.3, -0.25) is 4.79 Å². The molecule has 4 aliphatic carbocycles. The maximum atomic E-state index is 13.4. The minimum atomic E-state index is -4.91.